The molecule has 0 aliphatic carbocycles. The summed E-state index contributed by atoms with van der Waals surface area (Å²) in [6, 6.07) is 3.70. The maximum atomic E-state index is 11.7. The molecule has 1 aromatic rings. The molecule has 0 unspecified atom stereocenters. The maximum Gasteiger partial charge on any atom is 0.239 e. The Balaban J connectivity index is 2.03. The van der Waals surface area contributed by atoms with Crippen molar-refractivity contribution in [1.82, 2.24) is 10.6 Å². The zero-order chi connectivity index (χ0) is 13.4. The topological polar surface area (TPSA) is 63.5 Å². The first-order valence-corrected chi connectivity index (χ1v) is 6.13. The van der Waals surface area contributed by atoms with E-state index in [1.54, 1.807) is 13.3 Å². The highest BCUT2D eigenvalue weighted by atomic mass is 16.5. The van der Waals surface area contributed by atoms with Gasteiger partial charge in [-0.15, -0.1) is 0 Å². The molecule has 0 saturated heterocycles. The van der Waals surface area contributed by atoms with E-state index in [-0.39, 0.29) is 5.91 Å². The van der Waals surface area contributed by atoms with E-state index >= 15 is 0 Å². The Kier molecular flexibility index (Phi) is 5.88. The number of nitrogens with one attached hydrogen (secondary N) is 2. The normalized spacial score (nSPS) is 11.5. The lowest BCUT2D eigenvalue weighted by molar-refractivity contribution is -0.126. The van der Waals surface area contributed by atoms with Crippen molar-refractivity contribution in [2.75, 3.05) is 20.2 Å². The van der Waals surface area contributed by atoms with Crippen molar-refractivity contribution in [2.24, 2.45) is 0 Å². The number of hydrogen-bond acceptors (Lipinski definition) is 4. The molecule has 0 radical (unpaired) electrons. The summed E-state index contributed by atoms with van der Waals surface area (Å²) in [7, 11) is 1.77. The standard InChI is InChI=1S/C13H22N2O3/c1-13(2,14-3)12(16)15-7-5-8-17-10-11-6-4-9-18-11/h4,6,9,14H,5,7-8,10H2,1-3H3,(H,15,16). The second-order valence-electron chi connectivity index (χ2n) is 4.62. The molecule has 102 valence electrons. The quantitative estimate of drug-likeness (QED) is 0.686. The van der Waals surface area contributed by atoms with Gasteiger partial charge in [0.2, 0.25) is 5.91 Å². The average molecular weight is 254 g/mol. The molecule has 0 aliphatic heterocycles. The minimum atomic E-state index is -0.533. The summed E-state index contributed by atoms with van der Waals surface area (Å²) in [6.07, 6.45) is 2.41. The minimum absolute atomic E-state index is 0.00367. The number of rotatable bonds is 8. The number of hydrogen-bond donors (Lipinski definition) is 2. The van der Waals surface area contributed by atoms with Crippen molar-refractivity contribution >= 4 is 5.91 Å². The number of carbonyl (C=O) groups excluding carboxylic acids is 1. The van der Waals surface area contributed by atoms with Gasteiger partial charge in [-0.25, -0.2) is 0 Å². The van der Waals surface area contributed by atoms with Crippen LogP contribution in [0.25, 0.3) is 0 Å². The molecule has 0 atom stereocenters. The van der Waals surface area contributed by atoms with Gasteiger partial charge >= 0.3 is 0 Å². The highest BCUT2D eigenvalue weighted by molar-refractivity contribution is 5.85. The highest BCUT2D eigenvalue weighted by Gasteiger charge is 2.24. The number of carbonyl (C=O) groups is 1. The number of likely N-dealkylation sites (N-methyl/N-ethyl adjacent to an activating group) is 1. The van der Waals surface area contributed by atoms with Gasteiger partial charge in [0.15, 0.2) is 0 Å². The Hall–Kier alpha value is -1.33. The summed E-state index contributed by atoms with van der Waals surface area (Å²) in [5.41, 5.74) is -0.533. The van der Waals surface area contributed by atoms with Crippen molar-refractivity contribution in [2.45, 2.75) is 32.4 Å². The van der Waals surface area contributed by atoms with Crippen LogP contribution in [0.3, 0.4) is 0 Å². The van der Waals surface area contributed by atoms with Crippen LogP contribution in [-0.2, 0) is 16.1 Å². The van der Waals surface area contributed by atoms with E-state index in [1.807, 2.05) is 26.0 Å². The molecule has 0 spiro atoms. The third-order valence-corrected chi connectivity index (χ3v) is 2.77. The molecule has 1 heterocycles. The molecule has 1 amide bonds. The smallest absolute Gasteiger partial charge is 0.239 e. The molecule has 0 aromatic carbocycles. The number of furan rings is 1. The Labute approximate surface area is 108 Å². The van der Waals surface area contributed by atoms with E-state index in [4.69, 9.17) is 9.15 Å². The summed E-state index contributed by atoms with van der Waals surface area (Å²) in [5.74, 6) is 0.811. The van der Waals surface area contributed by atoms with Crippen molar-refractivity contribution in [1.29, 1.82) is 0 Å². The molecular formula is C13H22N2O3. The summed E-state index contributed by atoms with van der Waals surface area (Å²) in [5, 5.41) is 5.82. The molecule has 0 saturated carbocycles. The average Bonchev–Trinajstić information content (AvgIpc) is 2.86. The molecule has 0 fully saturated rings. The van der Waals surface area contributed by atoms with Crippen LogP contribution in [-0.4, -0.2) is 31.6 Å². The van der Waals surface area contributed by atoms with E-state index in [0.29, 0.717) is 19.8 Å². The largest absolute Gasteiger partial charge is 0.467 e. The molecular weight excluding hydrogens is 232 g/mol. The first kappa shape index (κ1) is 14.7. The Bertz CT molecular complexity index is 347. The summed E-state index contributed by atoms with van der Waals surface area (Å²) < 4.78 is 10.5. The van der Waals surface area contributed by atoms with Gasteiger partial charge in [0, 0.05) is 13.2 Å². The molecule has 1 rings (SSSR count). The SMILES string of the molecule is CNC(C)(C)C(=O)NCCCOCc1ccco1. The van der Waals surface area contributed by atoms with Gasteiger partial charge in [0.1, 0.15) is 12.4 Å². The maximum absolute atomic E-state index is 11.7. The first-order chi connectivity index (χ1) is 8.56. The lowest BCUT2D eigenvalue weighted by Gasteiger charge is -2.22. The van der Waals surface area contributed by atoms with Crippen LogP contribution >= 0.6 is 0 Å². The zero-order valence-corrected chi connectivity index (χ0v) is 11.3. The monoisotopic (exact) mass is 254 g/mol. The number of amides is 1. The van der Waals surface area contributed by atoms with E-state index in [9.17, 15) is 4.79 Å². The van der Waals surface area contributed by atoms with Crippen molar-refractivity contribution in [3.05, 3.63) is 24.2 Å². The Morgan fingerprint density at radius 3 is 2.89 bits per heavy atom. The Morgan fingerprint density at radius 1 is 1.50 bits per heavy atom. The van der Waals surface area contributed by atoms with Crippen LogP contribution in [0.2, 0.25) is 0 Å². The highest BCUT2D eigenvalue weighted by Crippen LogP contribution is 2.02. The van der Waals surface area contributed by atoms with Crippen LogP contribution in [0.5, 0.6) is 0 Å². The first-order valence-electron chi connectivity index (χ1n) is 6.13. The van der Waals surface area contributed by atoms with Crippen LogP contribution in [0.4, 0.5) is 0 Å². The lowest BCUT2D eigenvalue weighted by Crippen LogP contribution is -2.51. The van der Waals surface area contributed by atoms with E-state index < -0.39 is 5.54 Å². The van der Waals surface area contributed by atoms with Crippen LogP contribution < -0.4 is 10.6 Å². The molecule has 5 heteroatoms. The Morgan fingerprint density at radius 2 is 2.28 bits per heavy atom. The third-order valence-electron chi connectivity index (χ3n) is 2.77. The van der Waals surface area contributed by atoms with Crippen molar-refractivity contribution in [3.8, 4) is 0 Å². The second kappa shape index (κ2) is 7.18. The van der Waals surface area contributed by atoms with Crippen molar-refractivity contribution in [3.63, 3.8) is 0 Å². The van der Waals surface area contributed by atoms with Crippen molar-refractivity contribution < 1.29 is 13.9 Å². The van der Waals surface area contributed by atoms with E-state index in [0.717, 1.165) is 12.2 Å². The van der Waals surface area contributed by atoms with Gasteiger partial charge in [0.05, 0.1) is 11.8 Å². The number of ether oxygens (including phenoxy) is 1. The predicted molar refractivity (Wildman–Crippen MR) is 69.1 cm³/mol. The van der Waals surface area contributed by atoms with Gasteiger partial charge in [-0.2, -0.15) is 0 Å². The molecule has 18 heavy (non-hydrogen) atoms. The molecule has 5 nitrogen and oxygen atoms in total. The van der Waals surface area contributed by atoms with Gasteiger partial charge in [-0.1, -0.05) is 0 Å². The van der Waals surface area contributed by atoms with Crippen LogP contribution in [0, 0.1) is 0 Å². The minimum Gasteiger partial charge on any atom is -0.467 e. The molecule has 0 bridgehead atoms. The summed E-state index contributed by atoms with van der Waals surface area (Å²) in [4.78, 5) is 11.7. The van der Waals surface area contributed by atoms with Gasteiger partial charge in [-0.3, -0.25) is 4.79 Å². The molecule has 2 N–H and O–H groups in total. The summed E-state index contributed by atoms with van der Waals surface area (Å²) >= 11 is 0. The lowest BCUT2D eigenvalue weighted by atomic mass is 10.1. The van der Waals surface area contributed by atoms with Crippen LogP contribution in [0.15, 0.2) is 22.8 Å². The van der Waals surface area contributed by atoms with E-state index in [1.165, 1.54) is 0 Å². The third kappa shape index (κ3) is 4.89. The van der Waals surface area contributed by atoms with Gasteiger partial charge in [-0.05, 0) is 39.4 Å². The van der Waals surface area contributed by atoms with Gasteiger partial charge < -0.3 is 19.8 Å². The summed E-state index contributed by atoms with van der Waals surface area (Å²) in [6.45, 7) is 5.37. The van der Waals surface area contributed by atoms with E-state index in [2.05, 4.69) is 10.6 Å². The fraction of sp³-hybridized carbons (Fsp3) is 0.615. The van der Waals surface area contributed by atoms with Gasteiger partial charge in [0.25, 0.3) is 0 Å². The van der Waals surface area contributed by atoms with Crippen LogP contribution in [0.1, 0.15) is 26.0 Å². The second-order valence-corrected chi connectivity index (χ2v) is 4.62. The predicted octanol–water partition coefficient (Wildman–Crippen LogP) is 1.30. The molecule has 0 aliphatic rings. The fourth-order valence-corrected chi connectivity index (χ4v) is 1.28. The molecule has 1 aromatic heterocycles. The fourth-order valence-electron chi connectivity index (χ4n) is 1.28. The zero-order valence-electron chi connectivity index (χ0n) is 11.3.